The average Bonchev–Trinajstić information content (AvgIpc) is 2.43. The number of ether oxygens (including phenoxy) is 1. The van der Waals surface area contributed by atoms with Gasteiger partial charge in [-0.25, -0.2) is 0 Å². The van der Waals surface area contributed by atoms with Crippen LogP contribution in [0.2, 0.25) is 0 Å². The largest absolute Gasteiger partial charge is 0.373 e. The van der Waals surface area contributed by atoms with Crippen molar-refractivity contribution in [1.82, 2.24) is 5.32 Å². The molecule has 0 radical (unpaired) electrons. The number of rotatable bonds is 8. The number of nitrogens with one attached hydrogen (secondary N) is 1. The summed E-state index contributed by atoms with van der Waals surface area (Å²) in [7, 11) is 0. The second-order valence-corrected chi connectivity index (χ2v) is 6.44. The highest BCUT2D eigenvalue weighted by molar-refractivity contribution is 5.85. The van der Waals surface area contributed by atoms with E-state index in [-0.39, 0.29) is 11.5 Å². The molecule has 1 aliphatic carbocycles. The van der Waals surface area contributed by atoms with Gasteiger partial charge in [-0.3, -0.25) is 4.79 Å². The van der Waals surface area contributed by atoms with Crippen molar-refractivity contribution in [3.8, 4) is 0 Å². The summed E-state index contributed by atoms with van der Waals surface area (Å²) in [4.78, 5) is 12.2. The Bertz CT molecular complexity index is 297. The van der Waals surface area contributed by atoms with E-state index in [0.717, 1.165) is 32.3 Å². The predicted octanol–water partition coefficient (Wildman–Crippen LogP) is 2.75. The number of carbonyl (C=O) groups excluding carboxylic acids is 1. The Morgan fingerprint density at radius 2 is 1.90 bits per heavy atom. The third-order valence-corrected chi connectivity index (χ3v) is 4.24. The van der Waals surface area contributed by atoms with Crippen LogP contribution in [-0.2, 0) is 9.53 Å². The number of carbonyl (C=O) groups is 1. The molecule has 20 heavy (non-hydrogen) atoms. The monoisotopic (exact) mass is 284 g/mol. The Morgan fingerprint density at radius 1 is 1.25 bits per heavy atom. The van der Waals surface area contributed by atoms with Crippen molar-refractivity contribution in [2.75, 3.05) is 13.2 Å². The molecule has 4 heteroatoms. The van der Waals surface area contributed by atoms with E-state index in [4.69, 9.17) is 10.5 Å². The molecule has 0 bridgehead atoms. The molecule has 3 N–H and O–H groups in total. The quantitative estimate of drug-likeness (QED) is 0.720. The van der Waals surface area contributed by atoms with Crippen LogP contribution in [0.1, 0.15) is 72.1 Å². The number of nitrogens with two attached hydrogens (primary N) is 1. The molecule has 1 unspecified atom stereocenters. The van der Waals surface area contributed by atoms with Crippen molar-refractivity contribution in [3.05, 3.63) is 0 Å². The molecule has 1 amide bonds. The minimum atomic E-state index is -0.768. The molecular weight excluding hydrogens is 252 g/mol. The zero-order valence-electron chi connectivity index (χ0n) is 13.5. The summed E-state index contributed by atoms with van der Waals surface area (Å²) in [5.41, 5.74) is 5.15. The second-order valence-electron chi connectivity index (χ2n) is 6.44. The van der Waals surface area contributed by atoms with Crippen LogP contribution < -0.4 is 11.1 Å². The van der Waals surface area contributed by atoms with Crippen LogP contribution in [-0.4, -0.2) is 30.2 Å². The van der Waals surface area contributed by atoms with E-state index in [2.05, 4.69) is 12.2 Å². The smallest absolute Gasteiger partial charge is 0.239 e. The lowest BCUT2D eigenvalue weighted by Gasteiger charge is -2.38. The van der Waals surface area contributed by atoms with Gasteiger partial charge in [0.05, 0.1) is 11.1 Å². The minimum absolute atomic E-state index is 0.0515. The Balaban J connectivity index is 2.55. The molecule has 4 nitrogen and oxygen atoms in total. The predicted molar refractivity (Wildman–Crippen MR) is 82.6 cm³/mol. The van der Waals surface area contributed by atoms with Gasteiger partial charge in [0.2, 0.25) is 5.91 Å². The molecule has 1 aliphatic rings. The molecule has 0 spiro atoms. The molecule has 1 fully saturated rings. The van der Waals surface area contributed by atoms with Gasteiger partial charge in [0.25, 0.3) is 0 Å². The fraction of sp³-hybridized carbons (Fsp3) is 0.938. The van der Waals surface area contributed by atoms with Gasteiger partial charge in [-0.15, -0.1) is 0 Å². The van der Waals surface area contributed by atoms with Crippen LogP contribution in [0.5, 0.6) is 0 Å². The first kappa shape index (κ1) is 17.4. The van der Waals surface area contributed by atoms with E-state index in [9.17, 15) is 4.79 Å². The fourth-order valence-corrected chi connectivity index (χ4v) is 2.96. The van der Waals surface area contributed by atoms with Gasteiger partial charge >= 0.3 is 0 Å². The number of hydrogen-bond donors (Lipinski definition) is 2. The van der Waals surface area contributed by atoms with E-state index in [0.29, 0.717) is 13.0 Å². The van der Waals surface area contributed by atoms with Gasteiger partial charge < -0.3 is 15.8 Å². The molecule has 118 valence electrons. The van der Waals surface area contributed by atoms with Crippen LogP contribution >= 0.6 is 0 Å². The topological polar surface area (TPSA) is 64.3 Å². The Morgan fingerprint density at radius 3 is 2.45 bits per heavy atom. The maximum Gasteiger partial charge on any atom is 0.239 e. The van der Waals surface area contributed by atoms with Gasteiger partial charge in [-0.1, -0.05) is 39.5 Å². The van der Waals surface area contributed by atoms with E-state index in [1.165, 1.54) is 19.3 Å². The maximum atomic E-state index is 12.2. The average molecular weight is 284 g/mol. The standard InChI is InChI=1S/C16H32N2O2/c1-4-9-15(3,17)14(19)18-13-16(20-12-5-2)10-7-6-8-11-16/h4-13,17H2,1-3H3,(H,18,19). The van der Waals surface area contributed by atoms with Crippen LogP contribution in [0, 0.1) is 0 Å². The van der Waals surface area contributed by atoms with Crippen molar-refractivity contribution in [2.45, 2.75) is 83.3 Å². The number of hydrogen-bond acceptors (Lipinski definition) is 3. The fourth-order valence-electron chi connectivity index (χ4n) is 2.96. The molecule has 0 heterocycles. The molecule has 1 saturated carbocycles. The summed E-state index contributed by atoms with van der Waals surface area (Å²) < 4.78 is 6.09. The normalized spacial score (nSPS) is 21.2. The molecule has 1 atom stereocenters. The lowest BCUT2D eigenvalue weighted by atomic mass is 9.84. The van der Waals surface area contributed by atoms with Gasteiger partial charge in [0.1, 0.15) is 0 Å². The minimum Gasteiger partial charge on any atom is -0.373 e. The number of amides is 1. The third kappa shape index (κ3) is 5.06. The summed E-state index contributed by atoms with van der Waals surface area (Å²) >= 11 is 0. The Hall–Kier alpha value is -0.610. The molecule has 0 saturated heterocycles. The van der Waals surface area contributed by atoms with E-state index in [1.807, 2.05) is 13.8 Å². The zero-order valence-corrected chi connectivity index (χ0v) is 13.5. The van der Waals surface area contributed by atoms with Crippen LogP contribution in [0.3, 0.4) is 0 Å². The molecule has 0 aromatic rings. The molecule has 0 aromatic heterocycles. The highest BCUT2D eigenvalue weighted by atomic mass is 16.5. The van der Waals surface area contributed by atoms with E-state index < -0.39 is 5.54 Å². The first-order valence-corrected chi connectivity index (χ1v) is 8.17. The first-order chi connectivity index (χ1) is 9.46. The zero-order chi connectivity index (χ0) is 15.1. The second kappa shape index (κ2) is 7.99. The van der Waals surface area contributed by atoms with E-state index >= 15 is 0 Å². The van der Waals surface area contributed by atoms with Crippen molar-refractivity contribution >= 4 is 5.91 Å². The van der Waals surface area contributed by atoms with Gasteiger partial charge in [0, 0.05) is 13.2 Å². The van der Waals surface area contributed by atoms with Crippen molar-refractivity contribution in [3.63, 3.8) is 0 Å². The van der Waals surface area contributed by atoms with Crippen molar-refractivity contribution < 1.29 is 9.53 Å². The molecule has 0 aromatic carbocycles. The van der Waals surface area contributed by atoms with Gasteiger partial charge in [-0.2, -0.15) is 0 Å². The summed E-state index contributed by atoms with van der Waals surface area (Å²) in [6, 6.07) is 0. The highest BCUT2D eigenvalue weighted by Gasteiger charge is 2.35. The Labute approximate surface area is 123 Å². The first-order valence-electron chi connectivity index (χ1n) is 8.17. The van der Waals surface area contributed by atoms with Crippen LogP contribution in [0.4, 0.5) is 0 Å². The molecule has 1 rings (SSSR count). The Kier molecular flexibility index (Phi) is 6.96. The van der Waals surface area contributed by atoms with Gasteiger partial charge in [0.15, 0.2) is 0 Å². The lowest BCUT2D eigenvalue weighted by molar-refractivity contribution is -0.129. The summed E-state index contributed by atoms with van der Waals surface area (Å²) in [6.07, 6.45) is 8.38. The van der Waals surface area contributed by atoms with Crippen molar-refractivity contribution in [2.24, 2.45) is 5.73 Å². The lowest BCUT2D eigenvalue weighted by Crippen LogP contribution is -2.55. The third-order valence-electron chi connectivity index (χ3n) is 4.24. The van der Waals surface area contributed by atoms with Gasteiger partial charge in [-0.05, 0) is 32.6 Å². The summed E-state index contributed by atoms with van der Waals surface area (Å²) in [5.74, 6) is -0.0515. The molecule has 0 aliphatic heterocycles. The SMILES string of the molecule is CCCOC1(CNC(=O)C(C)(N)CCC)CCCCC1. The van der Waals surface area contributed by atoms with Crippen LogP contribution in [0.15, 0.2) is 0 Å². The molecular formula is C16H32N2O2. The summed E-state index contributed by atoms with van der Waals surface area (Å²) in [5, 5.41) is 3.04. The summed E-state index contributed by atoms with van der Waals surface area (Å²) in [6.45, 7) is 7.35. The van der Waals surface area contributed by atoms with Crippen LogP contribution in [0.25, 0.3) is 0 Å². The highest BCUT2D eigenvalue weighted by Crippen LogP contribution is 2.31. The van der Waals surface area contributed by atoms with Crippen molar-refractivity contribution in [1.29, 1.82) is 0 Å². The maximum absolute atomic E-state index is 12.2. The van der Waals surface area contributed by atoms with E-state index in [1.54, 1.807) is 0 Å².